The minimum atomic E-state index is -0.356. The van der Waals surface area contributed by atoms with Gasteiger partial charge in [-0.3, -0.25) is 9.48 Å². The smallest absolute Gasteiger partial charge is 0.259 e. The van der Waals surface area contributed by atoms with Crippen molar-refractivity contribution < 1.29 is 9.53 Å². The average molecular weight is 273 g/mol. The number of ether oxygens (including phenoxy) is 1. The second kappa shape index (κ2) is 5.36. The van der Waals surface area contributed by atoms with Crippen LogP contribution in [0.1, 0.15) is 31.1 Å². The third kappa shape index (κ3) is 3.60. The minimum Gasteiger partial charge on any atom is -0.487 e. The first-order valence-electron chi connectivity index (χ1n) is 6.43. The number of nitrogens with zero attached hydrogens (tertiary/aromatic N) is 2. The summed E-state index contributed by atoms with van der Waals surface area (Å²) in [5.74, 6) is 0.360. The van der Waals surface area contributed by atoms with Crippen LogP contribution in [0.4, 0.5) is 5.69 Å². The molecular weight excluding hydrogens is 254 g/mol. The highest BCUT2D eigenvalue weighted by atomic mass is 16.5. The molecule has 5 heteroatoms. The molecule has 0 saturated carbocycles. The van der Waals surface area contributed by atoms with Crippen LogP contribution in [-0.2, 0) is 7.05 Å². The first-order chi connectivity index (χ1) is 9.35. The molecule has 20 heavy (non-hydrogen) atoms. The van der Waals surface area contributed by atoms with Crippen molar-refractivity contribution in [2.45, 2.75) is 26.4 Å². The summed E-state index contributed by atoms with van der Waals surface area (Å²) in [4.78, 5) is 12.3. The first-order valence-corrected chi connectivity index (χ1v) is 6.43. The van der Waals surface area contributed by atoms with E-state index in [4.69, 9.17) is 4.74 Å². The van der Waals surface area contributed by atoms with E-state index in [-0.39, 0.29) is 11.5 Å². The Balaban J connectivity index is 2.21. The molecule has 106 valence electrons. The summed E-state index contributed by atoms with van der Waals surface area (Å²) in [5, 5.41) is 6.82. The number of para-hydroxylation sites is 1. The van der Waals surface area contributed by atoms with Crippen molar-refractivity contribution >= 4 is 11.6 Å². The second-order valence-corrected chi connectivity index (χ2v) is 5.57. The van der Waals surface area contributed by atoms with Crippen molar-refractivity contribution in [2.24, 2.45) is 7.05 Å². The molecule has 5 nitrogen and oxygen atoms in total. The first kappa shape index (κ1) is 14.1. The topological polar surface area (TPSA) is 56.2 Å². The maximum absolute atomic E-state index is 12.3. The lowest BCUT2D eigenvalue weighted by Crippen LogP contribution is -2.25. The average Bonchev–Trinajstić information content (AvgIpc) is 2.73. The standard InChI is InChI=1S/C15H19N3O2/c1-15(2,3)20-13-8-6-5-7-12(13)14(19)17-11-9-16-18(4)10-11/h5-10H,1-4H3,(H,17,19). The molecule has 0 bridgehead atoms. The van der Waals surface area contributed by atoms with Gasteiger partial charge in [-0.1, -0.05) is 12.1 Å². The maximum Gasteiger partial charge on any atom is 0.259 e. The van der Waals surface area contributed by atoms with Crippen LogP contribution in [0.3, 0.4) is 0 Å². The fourth-order valence-corrected chi connectivity index (χ4v) is 1.76. The van der Waals surface area contributed by atoms with Crippen LogP contribution >= 0.6 is 0 Å². The summed E-state index contributed by atoms with van der Waals surface area (Å²) < 4.78 is 7.45. The van der Waals surface area contributed by atoms with Crippen molar-refractivity contribution in [3.05, 3.63) is 42.2 Å². The van der Waals surface area contributed by atoms with Crippen LogP contribution in [0, 0.1) is 0 Å². The fraction of sp³-hybridized carbons (Fsp3) is 0.333. The Morgan fingerprint density at radius 3 is 2.60 bits per heavy atom. The number of anilines is 1. The summed E-state index contributed by atoms with van der Waals surface area (Å²) in [7, 11) is 1.80. The van der Waals surface area contributed by atoms with E-state index in [2.05, 4.69) is 10.4 Å². The molecule has 0 aliphatic carbocycles. The highest BCUT2D eigenvalue weighted by Crippen LogP contribution is 2.23. The lowest BCUT2D eigenvalue weighted by atomic mass is 10.1. The van der Waals surface area contributed by atoms with Gasteiger partial charge in [-0.05, 0) is 32.9 Å². The fourth-order valence-electron chi connectivity index (χ4n) is 1.76. The number of benzene rings is 1. The molecule has 0 radical (unpaired) electrons. The lowest BCUT2D eigenvalue weighted by Gasteiger charge is -2.22. The number of hydrogen-bond donors (Lipinski definition) is 1. The molecule has 0 atom stereocenters. The highest BCUT2D eigenvalue weighted by molar-refractivity contribution is 6.06. The van der Waals surface area contributed by atoms with Gasteiger partial charge in [0.25, 0.3) is 5.91 Å². The third-order valence-corrected chi connectivity index (χ3v) is 2.51. The SMILES string of the molecule is Cn1cc(NC(=O)c2ccccc2OC(C)(C)C)cn1. The van der Waals surface area contributed by atoms with Gasteiger partial charge in [0.05, 0.1) is 17.4 Å². The molecule has 1 N–H and O–H groups in total. The molecule has 2 rings (SSSR count). The van der Waals surface area contributed by atoms with E-state index in [9.17, 15) is 4.79 Å². The number of amides is 1. The molecule has 0 aliphatic heterocycles. The Labute approximate surface area is 118 Å². The molecule has 0 spiro atoms. The van der Waals surface area contributed by atoms with Gasteiger partial charge in [0, 0.05) is 13.2 Å². The molecular formula is C15H19N3O2. The van der Waals surface area contributed by atoms with Gasteiger partial charge in [-0.2, -0.15) is 5.10 Å². The van der Waals surface area contributed by atoms with E-state index in [1.165, 1.54) is 0 Å². The number of rotatable bonds is 3. The molecule has 1 heterocycles. The van der Waals surface area contributed by atoms with Crippen LogP contribution in [0.2, 0.25) is 0 Å². The van der Waals surface area contributed by atoms with Crippen molar-refractivity contribution in [3.63, 3.8) is 0 Å². The highest BCUT2D eigenvalue weighted by Gasteiger charge is 2.18. The van der Waals surface area contributed by atoms with E-state index in [0.29, 0.717) is 17.0 Å². The Morgan fingerprint density at radius 2 is 2.00 bits per heavy atom. The van der Waals surface area contributed by atoms with Gasteiger partial charge in [0.1, 0.15) is 11.4 Å². The van der Waals surface area contributed by atoms with Gasteiger partial charge in [-0.25, -0.2) is 0 Å². The molecule has 0 fully saturated rings. The molecule has 0 saturated heterocycles. The van der Waals surface area contributed by atoms with Crippen LogP contribution < -0.4 is 10.1 Å². The Bertz CT molecular complexity index is 612. The van der Waals surface area contributed by atoms with Crippen molar-refractivity contribution in [2.75, 3.05) is 5.32 Å². The quantitative estimate of drug-likeness (QED) is 0.935. The predicted octanol–water partition coefficient (Wildman–Crippen LogP) is 2.85. The number of aryl methyl sites for hydroxylation is 1. The Kier molecular flexibility index (Phi) is 3.79. The van der Waals surface area contributed by atoms with E-state index in [1.807, 2.05) is 32.9 Å². The summed E-state index contributed by atoms with van der Waals surface area (Å²) in [6.07, 6.45) is 3.34. The molecule has 1 aromatic heterocycles. The van der Waals surface area contributed by atoms with Crippen LogP contribution in [0.25, 0.3) is 0 Å². The minimum absolute atomic E-state index is 0.210. The van der Waals surface area contributed by atoms with Gasteiger partial charge < -0.3 is 10.1 Å². The van der Waals surface area contributed by atoms with E-state index < -0.39 is 0 Å². The Hall–Kier alpha value is -2.30. The maximum atomic E-state index is 12.3. The third-order valence-electron chi connectivity index (χ3n) is 2.51. The zero-order chi connectivity index (χ0) is 14.8. The number of carbonyl (C=O) groups is 1. The van der Waals surface area contributed by atoms with Crippen molar-refractivity contribution in [1.29, 1.82) is 0 Å². The monoisotopic (exact) mass is 273 g/mol. The zero-order valence-electron chi connectivity index (χ0n) is 12.2. The van der Waals surface area contributed by atoms with Crippen LogP contribution in [0.5, 0.6) is 5.75 Å². The summed E-state index contributed by atoms with van der Waals surface area (Å²) in [6, 6.07) is 7.20. The van der Waals surface area contributed by atoms with Crippen LogP contribution in [-0.4, -0.2) is 21.3 Å². The normalized spacial score (nSPS) is 11.2. The summed E-state index contributed by atoms with van der Waals surface area (Å²) >= 11 is 0. The van der Waals surface area contributed by atoms with Gasteiger partial charge >= 0.3 is 0 Å². The number of nitrogens with one attached hydrogen (secondary N) is 1. The summed E-state index contributed by atoms with van der Waals surface area (Å²) in [5.41, 5.74) is 0.805. The zero-order valence-corrected chi connectivity index (χ0v) is 12.2. The van der Waals surface area contributed by atoms with Crippen LogP contribution in [0.15, 0.2) is 36.7 Å². The van der Waals surface area contributed by atoms with E-state index in [1.54, 1.807) is 36.3 Å². The second-order valence-electron chi connectivity index (χ2n) is 5.57. The van der Waals surface area contributed by atoms with Crippen molar-refractivity contribution in [1.82, 2.24) is 9.78 Å². The van der Waals surface area contributed by atoms with Crippen molar-refractivity contribution in [3.8, 4) is 5.75 Å². The molecule has 1 aromatic carbocycles. The number of carbonyl (C=O) groups excluding carboxylic acids is 1. The molecule has 0 unspecified atom stereocenters. The van der Waals surface area contributed by atoms with Gasteiger partial charge in [0.15, 0.2) is 0 Å². The molecule has 1 amide bonds. The molecule has 0 aliphatic rings. The van der Waals surface area contributed by atoms with E-state index in [0.717, 1.165) is 0 Å². The predicted molar refractivity (Wildman–Crippen MR) is 78.0 cm³/mol. The Morgan fingerprint density at radius 1 is 1.30 bits per heavy atom. The number of aromatic nitrogens is 2. The van der Waals surface area contributed by atoms with Gasteiger partial charge in [0.2, 0.25) is 0 Å². The lowest BCUT2D eigenvalue weighted by molar-refractivity contribution is 0.0999. The largest absolute Gasteiger partial charge is 0.487 e. The summed E-state index contributed by atoms with van der Waals surface area (Å²) in [6.45, 7) is 5.84. The van der Waals surface area contributed by atoms with Gasteiger partial charge in [-0.15, -0.1) is 0 Å². The molecule has 2 aromatic rings. The number of hydrogen-bond acceptors (Lipinski definition) is 3. The van der Waals surface area contributed by atoms with E-state index >= 15 is 0 Å².